The highest BCUT2D eigenvalue weighted by Gasteiger charge is 2.31. The van der Waals surface area contributed by atoms with Crippen LogP contribution in [0.4, 0.5) is 0 Å². The average molecular weight is 545 g/mol. The van der Waals surface area contributed by atoms with Crippen LogP contribution in [0, 0.1) is 18.3 Å². The molecule has 0 amide bonds. The van der Waals surface area contributed by atoms with Gasteiger partial charge in [-0.2, -0.15) is 5.26 Å². The predicted molar refractivity (Wildman–Crippen MR) is 158 cm³/mol. The van der Waals surface area contributed by atoms with Crippen molar-refractivity contribution < 1.29 is 19.0 Å². The largest absolute Gasteiger partial charge is 0.489 e. The molecule has 1 aliphatic heterocycles. The van der Waals surface area contributed by atoms with E-state index in [1.807, 2.05) is 48.5 Å². The summed E-state index contributed by atoms with van der Waals surface area (Å²) in [7, 11) is 0. The van der Waals surface area contributed by atoms with E-state index in [2.05, 4.69) is 45.9 Å². The van der Waals surface area contributed by atoms with E-state index in [-0.39, 0.29) is 11.3 Å². The van der Waals surface area contributed by atoms with E-state index in [9.17, 15) is 10.1 Å². The molecule has 0 saturated heterocycles. The number of benzene rings is 4. The molecule has 5 rings (SSSR count). The molecule has 1 heterocycles. The van der Waals surface area contributed by atoms with Crippen molar-refractivity contribution in [2.45, 2.75) is 45.6 Å². The molecule has 1 atom stereocenters. The van der Waals surface area contributed by atoms with E-state index in [1.54, 1.807) is 30.3 Å². The standard InChI is InChI=1S/C35H32N2O4/c1-22-5-7-23(8-6-22)21-39-27-15-11-24(12-16-27)32-29-18-17-28(19-31(29)41-33(37)30(32)20-36)40-34(38)25-9-13-26(14-10-25)35(2,3)4/h5-19,32H,21,37H2,1-4H3. The molecule has 4 aromatic carbocycles. The first kappa shape index (κ1) is 27.5. The van der Waals surface area contributed by atoms with Gasteiger partial charge in [-0.3, -0.25) is 0 Å². The molecular formula is C35H32N2O4. The van der Waals surface area contributed by atoms with E-state index in [1.165, 1.54) is 5.56 Å². The average Bonchev–Trinajstić information content (AvgIpc) is 2.96. The van der Waals surface area contributed by atoms with Crippen LogP contribution in [-0.2, 0) is 12.0 Å². The number of carbonyl (C=O) groups is 1. The molecule has 206 valence electrons. The molecule has 6 heteroatoms. The molecule has 2 N–H and O–H groups in total. The van der Waals surface area contributed by atoms with Crippen molar-refractivity contribution in [1.82, 2.24) is 0 Å². The van der Waals surface area contributed by atoms with Gasteiger partial charge in [0.2, 0.25) is 5.88 Å². The van der Waals surface area contributed by atoms with Gasteiger partial charge >= 0.3 is 5.97 Å². The van der Waals surface area contributed by atoms with Crippen LogP contribution in [0.15, 0.2) is 102 Å². The summed E-state index contributed by atoms with van der Waals surface area (Å²) in [5.74, 6) is 0.575. The van der Waals surface area contributed by atoms with Crippen molar-refractivity contribution in [3.05, 3.63) is 136 Å². The highest BCUT2D eigenvalue weighted by atomic mass is 16.5. The number of fused-ring (bicyclic) bond motifs is 1. The highest BCUT2D eigenvalue weighted by Crippen LogP contribution is 2.43. The van der Waals surface area contributed by atoms with Crippen LogP contribution < -0.4 is 19.9 Å². The lowest BCUT2D eigenvalue weighted by Gasteiger charge is -2.27. The zero-order valence-corrected chi connectivity index (χ0v) is 23.6. The third-order valence-electron chi connectivity index (χ3n) is 7.13. The van der Waals surface area contributed by atoms with Gasteiger partial charge in [0.25, 0.3) is 0 Å². The summed E-state index contributed by atoms with van der Waals surface area (Å²) in [5.41, 5.74) is 11.9. The molecule has 0 radical (unpaired) electrons. The minimum Gasteiger partial charge on any atom is -0.489 e. The van der Waals surface area contributed by atoms with Crippen LogP contribution in [0.25, 0.3) is 0 Å². The van der Waals surface area contributed by atoms with Crippen molar-refractivity contribution >= 4 is 5.97 Å². The fourth-order valence-electron chi connectivity index (χ4n) is 4.72. The highest BCUT2D eigenvalue weighted by molar-refractivity contribution is 5.91. The second kappa shape index (κ2) is 11.2. The Labute approximate surface area is 240 Å². The SMILES string of the molecule is Cc1ccc(COc2ccc(C3C(C#N)=C(N)Oc4cc(OC(=O)c5ccc(C(C)(C)C)cc5)ccc43)cc2)cc1. The number of carbonyl (C=O) groups excluding carboxylic acids is 1. The summed E-state index contributed by atoms with van der Waals surface area (Å²) in [6.07, 6.45) is 0. The van der Waals surface area contributed by atoms with Gasteiger partial charge in [0, 0.05) is 11.6 Å². The van der Waals surface area contributed by atoms with Crippen LogP contribution >= 0.6 is 0 Å². The maximum atomic E-state index is 12.8. The summed E-state index contributed by atoms with van der Waals surface area (Å²) in [6, 6.07) is 30.5. The zero-order valence-electron chi connectivity index (χ0n) is 23.6. The van der Waals surface area contributed by atoms with E-state index in [4.69, 9.17) is 19.9 Å². The minimum atomic E-state index is -0.472. The number of nitrogens with two attached hydrogens (primary N) is 1. The molecule has 0 bridgehead atoms. The fraction of sp³-hybridized carbons (Fsp3) is 0.200. The molecule has 41 heavy (non-hydrogen) atoms. The van der Waals surface area contributed by atoms with Crippen molar-refractivity contribution in [1.29, 1.82) is 5.26 Å². The van der Waals surface area contributed by atoms with Crippen molar-refractivity contribution in [3.8, 4) is 23.3 Å². The van der Waals surface area contributed by atoms with E-state index < -0.39 is 11.9 Å². The second-order valence-electron chi connectivity index (χ2n) is 11.2. The van der Waals surface area contributed by atoms with Crippen molar-refractivity contribution in [2.24, 2.45) is 5.73 Å². The molecule has 0 spiro atoms. The first-order valence-electron chi connectivity index (χ1n) is 13.4. The Hall–Kier alpha value is -5.02. The number of hydrogen-bond acceptors (Lipinski definition) is 6. The van der Waals surface area contributed by atoms with E-state index in [0.717, 1.165) is 28.0 Å². The molecule has 0 aromatic heterocycles. The summed E-state index contributed by atoms with van der Waals surface area (Å²) >= 11 is 0. The third kappa shape index (κ3) is 6.10. The molecule has 4 aromatic rings. The first-order valence-corrected chi connectivity index (χ1v) is 13.4. The van der Waals surface area contributed by atoms with Gasteiger partial charge < -0.3 is 19.9 Å². The number of nitriles is 1. The lowest BCUT2D eigenvalue weighted by molar-refractivity contribution is 0.0734. The van der Waals surface area contributed by atoms with Crippen LogP contribution in [0.5, 0.6) is 17.2 Å². The van der Waals surface area contributed by atoms with Gasteiger partial charge in [0.1, 0.15) is 35.5 Å². The Balaban J connectivity index is 1.35. The second-order valence-corrected chi connectivity index (χ2v) is 11.2. The Kier molecular flexibility index (Phi) is 7.54. The Morgan fingerprint density at radius 1 is 0.927 bits per heavy atom. The monoisotopic (exact) mass is 544 g/mol. The van der Waals surface area contributed by atoms with Crippen LogP contribution in [0.1, 0.15) is 64.9 Å². The van der Waals surface area contributed by atoms with Gasteiger partial charge in [-0.25, -0.2) is 4.79 Å². The van der Waals surface area contributed by atoms with E-state index in [0.29, 0.717) is 29.2 Å². The number of nitrogens with zero attached hydrogens (tertiary/aromatic N) is 1. The number of esters is 1. The third-order valence-corrected chi connectivity index (χ3v) is 7.13. The summed E-state index contributed by atoms with van der Waals surface area (Å²) in [4.78, 5) is 12.8. The number of aryl methyl sites for hydroxylation is 1. The Morgan fingerprint density at radius 2 is 1.59 bits per heavy atom. The zero-order chi connectivity index (χ0) is 29.1. The van der Waals surface area contributed by atoms with Gasteiger partial charge in [-0.1, -0.05) is 80.9 Å². The Bertz CT molecular complexity index is 1640. The number of rotatable bonds is 6. The van der Waals surface area contributed by atoms with Crippen molar-refractivity contribution in [3.63, 3.8) is 0 Å². The normalized spacial score (nSPS) is 14.5. The smallest absolute Gasteiger partial charge is 0.343 e. The lowest BCUT2D eigenvalue weighted by Crippen LogP contribution is -2.21. The number of hydrogen-bond donors (Lipinski definition) is 1. The molecule has 0 saturated carbocycles. The topological polar surface area (TPSA) is 94.6 Å². The van der Waals surface area contributed by atoms with Crippen LogP contribution in [0.3, 0.4) is 0 Å². The van der Waals surface area contributed by atoms with Gasteiger partial charge in [0.05, 0.1) is 11.5 Å². The quantitative estimate of drug-likeness (QED) is 0.202. The van der Waals surface area contributed by atoms with Crippen LogP contribution in [-0.4, -0.2) is 5.97 Å². The van der Waals surface area contributed by atoms with Crippen LogP contribution in [0.2, 0.25) is 0 Å². The minimum absolute atomic E-state index is 0.0146. The first-order chi connectivity index (χ1) is 19.6. The molecule has 0 fully saturated rings. The van der Waals surface area contributed by atoms with Gasteiger partial charge in [-0.05, 0) is 59.4 Å². The number of ether oxygens (including phenoxy) is 3. The molecule has 6 nitrogen and oxygen atoms in total. The maximum absolute atomic E-state index is 12.8. The summed E-state index contributed by atoms with van der Waals surface area (Å²) in [5, 5.41) is 9.91. The fourth-order valence-corrected chi connectivity index (χ4v) is 4.72. The molecule has 0 aliphatic carbocycles. The van der Waals surface area contributed by atoms with Gasteiger partial charge in [0.15, 0.2) is 0 Å². The maximum Gasteiger partial charge on any atom is 0.343 e. The molecular weight excluding hydrogens is 512 g/mol. The van der Waals surface area contributed by atoms with Crippen molar-refractivity contribution in [2.75, 3.05) is 0 Å². The summed E-state index contributed by atoms with van der Waals surface area (Å²) < 4.78 is 17.4. The predicted octanol–water partition coefficient (Wildman–Crippen LogP) is 7.31. The number of allylic oxidation sites excluding steroid dienone is 1. The Morgan fingerprint density at radius 3 is 2.22 bits per heavy atom. The lowest BCUT2D eigenvalue weighted by atomic mass is 9.83. The molecule has 1 aliphatic rings. The summed E-state index contributed by atoms with van der Waals surface area (Å²) in [6.45, 7) is 8.86. The van der Waals surface area contributed by atoms with E-state index >= 15 is 0 Å². The molecule has 1 unspecified atom stereocenters. The van der Waals surface area contributed by atoms with Gasteiger partial charge in [-0.15, -0.1) is 0 Å².